The first-order valence-corrected chi connectivity index (χ1v) is 8.44. The molecule has 0 aromatic carbocycles. The number of aliphatic hydroxyl groups excluding tert-OH is 2. The quantitative estimate of drug-likeness (QED) is 0.751. The second-order valence-corrected chi connectivity index (χ2v) is 6.72. The number of pyridine rings is 1. The molecule has 2 aromatic rings. The van der Waals surface area contributed by atoms with Crippen molar-refractivity contribution in [3.63, 3.8) is 0 Å². The van der Waals surface area contributed by atoms with Crippen LogP contribution in [0, 0.1) is 5.92 Å². The molecule has 1 amide bonds. The molecule has 0 radical (unpaired) electrons. The predicted octanol–water partition coefficient (Wildman–Crippen LogP) is 0.779. The summed E-state index contributed by atoms with van der Waals surface area (Å²) in [5.74, 6) is -0.280. The van der Waals surface area contributed by atoms with Crippen molar-refractivity contribution in [1.29, 1.82) is 0 Å². The molecule has 1 unspecified atom stereocenters. The van der Waals surface area contributed by atoms with Gasteiger partial charge in [-0.2, -0.15) is 0 Å². The number of carbonyl (C=O) groups is 1. The van der Waals surface area contributed by atoms with E-state index in [1.807, 2.05) is 12.1 Å². The van der Waals surface area contributed by atoms with E-state index in [0.717, 1.165) is 29.1 Å². The molecule has 1 aliphatic carbocycles. The van der Waals surface area contributed by atoms with Gasteiger partial charge in [-0.05, 0) is 25.0 Å². The minimum atomic E-state index is -0.591. The molecule has 2 aromatic heterocycles. The van der Waals surface area contributed by atoms with E-state index in [1.54, 1.807) is 23.7 Å². The summed E-state index contributed by atoms with van der Waals surface area (Å²) >= 11 is 1.67. The van der Waals surface area contributed by atoms with Crippen LogP contribution in [0.4, 0.5) is 0 Å². The highest BCUT2D eigenvalue weighted by atomic mass is 32.1. The van der Waals surface area contributed by atoms with Gasteiger partial charge < -0.3 is 15.5 Å². The number of thiazole rings is 1. The van der Waals surface area contributed by atoms with Crippen LogP contribution < -0.4 is 5.32 Å². The molecule has 0 fully saturated rings. The average Bonchev–Trinajstić information content (AvgIpc) is 3.03. The SMILES string of the molecule is O=C(NC(CO)CO)C1CCc2sc(-c3ccncc3)nc2C1. The van der Waals surface area contributed by atoms with Gasteiger partial charge in [0.2, 0.25) is 5.91 Å². The number of carbonyl (C=O) groups excluding carboxylic acids is 1. The average molecular weight is 333 g/mol. The summed E-state index contributed by atoms with van der Waals surface area (Å²) in [4.78, 5) is 22.2. The molecule has 2 heterocycles. The van der Waals surface area contributed by atoms with Crippen LogP contribution in [-0.4, -0.2) is 45.3 Å². The number of rotatable bonds is 5. The van der Waals surface area contributed by atoms with Crippen LogP contribution in [0.3, 0.4) is 0 Å². The van der Waals surface area contributed by atoms with Crippen LogP contribution >= 0.6 is 11.3 Å². The van der Waals surface area contributed by atoms with E-state index in [9.17, 15) is 4.79 Å². The Labute approximate surface area is 138 Å². The summed E-state index contributed by atoms with van der Waals surface area (Å²) < 4.78 is 0. The lowest BCUT2D eigenvalue weighted by Gasteiger charge is -2.22. The van der Waals surface area contributed by atoms with Gasteiger partial charge in [-0.25, -0.2) is 4.98 Å². The van der Waals surface area contributed by atoms with Crippen LogP contribution in [0.15, 0.2) is 24.5 Å². The molecule has 0 spiro atoms. The summed E-state index contributed by atoms with van der Waals surface area (Å²) in [7, 11) is 0. The predicted molar refractivity (Wildman–Crippen MR) is 87.0 cm³/mol. The molecular formula is C16H19N3O3S. The van der Waals surface area contributed by atoms with E-state index in [-0.39, 0.29) is 25.0 Å². The Morgan fingerprint density at radius 3 is 2.78 bits per heavy atom. The number of aliphatic hydroxyl groups is 2. The molecule has 0 saturated carbocycles. The van der Waals surface area contributed by atoms with Gasteiger partial charge >= 0.3 is 0 Å². The Morgan fingerprint density at radius 1 is 1.35 bits per heavy atom. The smallest absolute Gasteiger partial charge is 0.223 e. The van der Waals surface area contributed by atoms with Crippen LogP contribution in [0.2, 0.25) is 0 Å². The van der Waals surface area contributed by atoms with Crippen molar-refractivity contribution >= 4 is 17.2 Å². The fraction of sp³-hybridized carbons (Fsp3) is 0.438. The molecule has 0 saturated heterocycles. The van der Waals surface area contributed by atoms with Crippen molar-refractivity contribution in [3.05, 3.63) is 35.1 Å². The number of hydrogen-bond donors (Lipinski definition) is 3. The van der Waals surface area contributed by atoms with Gasteiger partial charge in [0.1, 0.15) is 5.01 Å². The molecule has 6 nitrogen and oxygen atoms in total. The molecule has 3 rings (SSSR count). The first kappa shape index (κ1) is 16.0. The standard InChI is InChI=1S/C16H19N3O3S/c20-8-12(9-21)18-15(22)11-1-2-14-13(7-11)19-16(23-14)10-3-5-17-6-4-10/h3-6,11-12,20-21H,1-2,7-9H2,(H,18,22). The summed E-state index contributed by atoms with van der Waals surface area (Å²) in [5.41, 5.74) is 2.03. The lowest BCUT2D eigenvalue weighted by molar-refractivity contribution is -0.126. The van der Waals surface area contributed by atoms with Gasteiger partial charge in [0.15, 0.2) is 0 Å². The lowest BCUT2D eigenvalue weighted by atomic mass is 9.90. The Balaban J connectivity index is 1.71. The molecule has 3 N–H and O–H groups in total. The Bertz CT molecular complexity index is 670. The molecule has 1 atom stereocenters. The van der Waals surface area contributed by atoms with Crippen molar-refractivity contribution in [2.75, 3.05) is 13.2 Å². The summed E-state index contributed by atoms with van der Waals surface area (Å²) in [6, 6.07) is 3.27. The third kappa shape index (κ3) is 3.57. The monoisotopic (exact) mass is 333 g/mol. The molecular weight excluding hydrogens is 314 g/mol. The van der Waals surface area contributed by atoms with Crippen LogP contribution in [0.5, 0.6) is 0 Å². The van der Waals surface area contributed by atoms with Crippen LogP contribution in [0.25, 0.3) is 10.6 Å². The second-order valence-electron chi connectivity index (χ2n) is 5.64. The van der Waals surface area contributed by atoms with E-state index in [2.05, 4.69) is 15.3 Å². The molecule has 7 heteroatoms. The highest BCUT2D eigenvalue weighted by Gasteiger charge is 2.28. The molecule has 23 heavy (non-hydrogen) atoms. The third-order valence-electron chi connectivity index (χ3n) is 4.02. The second kappa shape index (κ2) is 7.16. The van der Waals surface area contributed by atoms with Gasteiger partial charge in [-0.15, -0.1) is 11.3 Å². The number of aromatic nitrogens is 2. The lowest BCUT2D eigenvalue weighted by Crippen LogP contribution is -2.44. The van der Waals surface area contributed by atoms with Crippen molar-refractivity contribution in [3.8, 4) is 10.6 Å². The topological polar surface area (TPSA) is 95.3 Å². The molecule has 1 aliphatic rings. The van der Waals surface area contributed by atoms with E-state index in [4.69, 9.17) is 10.2 Å². The fourth-order valence-corrected chi connectivity index (χ4v) is 3.80. The van der Waals surface area contributed by atoms with E-state index in [0.29, 0.717) is 6.42 Å². The van der Waals surface area contributed by atoms with Crippen molar-refractivity contribution < 1.29 is 15.0 Å². The first-order valence-electron chi connectivity index (χ1n) is 7.62. The van der Waals surface area contributed by atoms with Crippen LogP contribution in [0.1, 0.15) is 17.0 Å². The third-order valence-corrected chi connectivity index (χ3v) is 5.23. The Kier molecular flexibility index (Phi) is 5.00. The van der Waals surface area contributed by atoms with E-state index in [1.165, 1.54) is 4.88 Å². The molecule has 0 aliphatic heterocycles. The number of hydrogen-bond acceptors (Lipinski definition) is 6. The first-order chi connectivity index (χ1) is 11.2. The number of nitrogens with zero attached hydrogens (tertiary/aromatic N) is 2. The Hall–Kier alpha value is -1.83. The molecule has 0 bridgehead atoms. The summed E-state index contributed by atoms with van der Waals surface area (Å²) in [5, 5.41) is 21.8. The Morgan fingerprint density at radius 2 is 2.09 bits per heavy atom. The fourth-order valence-electron chi connectivity index (χ4n) is 2.69. The number of amides is 1. The van der Waals surface area contributed by atoms with Gasteiger partial charge in [-0.3, -0.25) is 9.78 Å². The normalized spacial score (nSPS) is 17.1. The highest BCUT2D eigenvalue weighted by Crippen LogP contribution is 2.34. The van der Waals surface area contributed by atoms with Gasteiger partial charge in [0, 0.05) is 35.2 Å². The largest absolute Gasteiger partial charge is 0.394 e. The van der Waals surface area contributed by atoms with E-state index < -0.39 is 6.04 Å². The maximum atomic E-state index is 12.2. The summed E-state index contributed by atoms with van der Waals surface area (Å²) in [6.07, 6.45) is 5.69. The highest BCUT2D eigenvalue weighted by molar-refractivity contribution is 7.15. The van der Waals surface area contributed by atoms with Gasteiger partial charge in [-0.1, -0.05) is 0 Å². The number of nitrogens with one attached hydrogen (secondary N) is 1. The van der Waals surface area contributed by atoms with Crippen LogP contribution in [-0.2, 0) is 17.6 Å². The molecule has 122 valence electrons. The van der Waals surface area contributed by atoms with E-state index >= 15 is 0 Å². The summed E-state index contributed by atoms with van der Waals surface area (Å²) in [6.45, 7) is -0.522. The zero-order valence-electron chi connectivity index (χ0n) is 12.6. The number of fused-ring (bicyclic) bond motifs is 1. The van der Waals surface area contributed by atoms with Gasteiger partial charge in [0.05, 0.1) is 24.9 Å². The van der Waals surface area contributed by atoms with Crippen molar-refractivity contribution in [2.24, 2.45) is 5.92 Å². The maximum absolute atomic E-state index is 12.2. The maximum Gasteiger partial charge on any atom is 0.223 e. The van der Waals surface area contributed by atoms with Gasteiger partial charge in [0.25, 0.3) is 0 Å². The van der Waals surface area contributed by atoms with Crippen molar-refractivity contribution in [1.82, 2.24) is 15.3 Å². The zero-order valence-corrected chi connectivity index (χ0v) is 13.4. The minimum Gasteiger partial charge on any atom is -0.394 e. The zero-order chi connectivity index (χ0) is 16.2. The minimum absolute atomic E-state index is 0.123. The van der Waals surface area contributed by atoms with Crippen molar-refractivity contribution in [2.45, 2.75) is 25.3 Å². The number of aryl methyl sites for hydroxylation is 1.